The van der Waals surface area contributed by atoms with Crippen molar-refractivity contribution < 1.29 is 4.79 Å². The Labute approximate surface area is 124 Å². The number of hydrogen-bond donors (Lipinski definition) is 1. The second kappa shape index (κ2) is 7.96. The molecule has 0 radical (unpaired) electrons. The summed E-state index contributed by atoms with van der Waals surface area (Å²) < 4.78 is 0. The maximum absolute atomic E-state index is 11.8. The van der Waals surface area contributed by atoms with Crippen LogP contribution >= 0.6 is 11.8 Å². The number of benzene rings is 1. The van der Waals surface area contributed by atoms with Gasteiger partial charge >= 0.3 is 0 Å². The van der Waals surface area contributed by atoms with Gasteiger partial charge in [-0.15, -0.1) is 0 Å². The van der Waals surface area contributed by atoms with Crippen LogP contribution in [-0.2, 0) is 4.79 Å². The van der Waals surface area contributed by atoms with Crippen LogP contribution in [0.2, 0.25) is 0 Å². The predicted octanol–water partition coefficient (Wildman–Crippen LogP) is 3.81. The van der Waals surface area contributed by atoms with Gasteiger partial charge in [-0.05, 0) is 48.8 Å². The molecule has 1 aromatic carbocycles. The Bertz CT molecular complexity index is 472. The molecular weight excluding hydrogens is 268 g/mol. The van der Waals surface area contributed by atoms with E-state index in [-0.39, 0.29) is 5.91 Å². The van der Waals surface area contributed by atoms with Crippen molar-refractivity contribution in [3.05, 3.63) is 29.8 Å². The Morgan fingerprint density at radius 2 is 2.00 bits per heavy atom. The average Bonchev–Trinajstić information content (AvgIpc) is 2.98. The number of nitriles is 1. The zero-order valence-electron chi connectivity index (χ0n) is 11.6. The average molecular weight is 288 g/mol. The van der Waals surface area contributed by atoms with E-state index in [1.165, 1.54) is 31.4 Å². The Morgan fingerprint density at radius 3 is 2.65 bits per heavy atom. The van der Waals surface area contributed by atoms with Crippen LogP contribution in [0.5, 0.6) is 0 Å². The molecule has 1 aliphatic rings. The Kier molecular flexibility index (Phi) is 5.94. The highest BCUT2D eigenvalue weighted by Gasteiger charge is 2.14. The fourth-order valence-corrected chi connectivity index (χ4v) is 3.61. The summed E-state index contributed by atoms with van der Waals surface area (Å²) in [6.45, 7) is 0. The number of nitrogens with zero attached hydrogens (tertiary/aromatic N) is 1. The van der Waals surface area contributed by atoms with Crippen LogP contribution < -0.4 is 5.32 Å². The smallest absolute Gasteiger partial charge is 0.225 e. The molecule has 1 saturated carbocycles. The molecule has 1 aromatic rings. The molecule has 0 aliphatic heterocycles. The number of amides is 1. The molecule has 20 heavy (non-hydrogen) atoms. The monoisotopic (exact) mass is 288 g/mol. The third-order valence-electron chi connectivity index (χ3n) is 3.60. The van der Waals surface area contributed by atoms with Crippen LogP contribution in [-0.4, -0.2) is 17.4 Å². The number of carbonyl (C=O) groups excluding carboxylic acids is 1. The third kappa shape index (κ3) is 4.90. The number of rotatable bonds is 6. The van der Waals surface area contributed by atoms with Gasteiger partial charge in [-0.2, -0.15) is 17.0 Å². The maximum atomic E-state index is 11.8. The van der Waals surface area contributed by atoms with Gasteiger partial charge in [0.1, 0.15) is 0 Å². The largest absolute Gasteiger partial charge is 0.326 e. The van der Waals surface area contributed by atoms with Gasteiger partial charge in [0.15, 0.2) is 0 Å². The molecule has 4 heteroatoms. The molecule has 0 heterocycles. The molecular formula is C16H20N2OS. The molecule has 1 amide bonds. The molecule has 0 bridgehead atoms. The minimum absolute atomic E-state index is 0.0497. The summed E-state index contributed by atoms with van der Waals surface area (Å²) in [6.07, 6.45) is 6.04. The normalized spacial score (nSPS) is 14.9. The maximum Gasteiger partial charge on any atom is 0.225 e. The molecule has 0 aromatic heterocycles. The van der Waals surface area contributed by atoms with Crippen molar-refractivity contribution in [3.63, 3.8) is 0 Å². The molecule has 0 spiro atoms. The molecule has 1 N–H and O–H groups in total. The fraction of sp³-hybridized carbons (Fsp3) is 0.500. The minimum Gasteiger partial charge on any atom is -0.326 e. The van der Waals surface area contributed by atoms with E-state index in [2.05, 4.69) is 11.4 Å². The number of anilines is 1. The SMILES string of the molecule is N#Cc1ccc(NC(=O)CCSCC2CCCC2)cc1. The number of nitrogens with one attached hydrogen (secondary N) is 1. The predicted molar refractivity (Wildman–Crippen MR) is 83.7 cm³/mol. The molecule has 1 fully saturated rings. The first-order chi connectivity index (χ1) is 9.78. The van der Waals surface area contributed by atoms with Crippen molar-refractivity contribution in [2.24, 2.45) is 5.92 Å². The number of thioether (sulfide) groups is 1. The van der Waals surface area contributed by atoms with Gasteiger partial charge < -0.3 is 5.32 Å². The fourth-order valence-electron chi connectivity index (χ4n) is 2.44. The van der Waals surface area contributed by atoms with Crippen LogP contribution in [0, 0.1) is 17.2 Å². The van der Waals surface area contributed by atoms with E-state index in [9.17, 15) is 4.79 Å². The molecule has 0 atom stereocenters. The van der Waals surface area contributed by atoms with Crippen molar-refractivity contribution in [2.45, 2.75) is 32.1 Å². The van der Waals surface area contributed by atoms with Crippen LogP contribution in [0.25, 0.3) is 0 Å². The number of hydrogen-bond acceptors (Lipinski definition) is 3. The van der Waals surface area contributed by atoms with Gasteiger partial charge in [-0.3, -0.25) is 4.79 Å². The molecule has 1 aliphatic carbocycles. The van der Waals surface area contributed by atoms with Gasteiger partial charge in [-0.1, -0.05) is 12.8 Å². The Morgan fingerprint density at radius 1 is 1.30 bits per heavy atom. The van der Waals surface area contributed by atoms with E-state index < -0.39 is 0 Å². The summed E-state index contributed by atoms with van der Waals surface area (Å²) in [7, 11) is 0. The summed E-state index contributed by atoms with van der Waals surface area (Å²) in [6, 6.07) is 9.02. The van der Waals surface area contributed by atoms with E-state index in [1.54, 1.807) is 24.3 Å². The summed E-state index contributed by atoms with van der Waals surface area (Å²) in [5, 5.41) is 11.6. The van der Waals surface area contributed by atoms with Gasteiger partial charge in [0.05, 0.1) is 11.6 Å². The van der Waals surface area contributed by atoms with E-state index in [0.717, 1.165) is 17.4 Å². The first kappa shape index (κ1) is 14.9. The quantitative estimate of drug-likeness (QED) is 0.810. The van der Waals surface area contributed by atoms with Crippen molar-refractivity contribution in [2.75, 3.05) is 16.8 Å². The lowest BCUT2D eigenvalue weighted by molar-refractivity contribution is -0.115. The van der Waals surface area contributed by atoms with Crippen LogP contribution in [0.4, 0.5) is 5.69 Å². The van der Waals surface area contributed by atoms with E-state index in [0.29, 0.717) is 12.0 Å². The van der Waals surface area contributed by atoms with Crippen molar-refractivity contribution in [1.29, 1.82) is 5.26 Å². The van der Waals surface area contributed by atoms with Crippen LogP contribution in [0.15, 0.2) is 24.3 Å². The highest BCUT2D eigenvalue weighted by Crippen LogP contribution is 2.27. The van der Waals surface area contributed by atoms with Gasteiger partial charge in [0, 0.05) is 17.9 Å². The van der Waals surface area contributed by atoms with Gasteiger partial charge in [0.25, 0.3) is 0 Å². The number of carbonyl (C=O) groups is 1. The van der Waals surface area contributed by atoms with E-state index in [1.807, 2.05) is 11.8 Å². The zero-order chi connectivity index (χ0) is 14.2. The lowest BCUT2D eigenvalue weighted by atomic mass is 10.1. The summed E-state index contributed by atoms with van der Waals surface area (Å²) in [5.41, 5.74) is 1.37. The lowest BCUT2D eigenvalue weighted by Crippen LogP contribution is -2.12. The third-order valence-corrected chi connectivity index (χ3v) is 4.80. The Hall–Kier alpha value is -1.47. The second-order valence-corrected chi connectivity index (χ2v) is 6.36. The molecule has 0 saturated heterocycles. The van der Waals surface area contributed by atoms with E-state index >= 15 is 0 Å². The lowest BCUT2D eigenvalue weighted by Gasteiger charge is -2.08. The van der Waals surface area contributed by atoms with Gasteiger partial charge in [-0.25, -0.2) is 0 Å². The van der Waals surface area contributed by atoms with Crippen molar-refractivity contribution >= 4 is 23.4 Å². The van der Waals surface area contributed by atoms with Crippen LogP contribution in [0.1, 0.15) is 37.7 Å². The topological polar surface area (TPSA) is 52.9 Å². The second-order valence-electron chi connectivity index (χ2n) is 5.21. The molecule has 2 rings (SSSR count). The zero-order valence-corrected chi connectivity index (χ0v) is 12.4. The first-order valence-corrected chi connectivity index (χ1v) is 8.31. The summed E-state index contributed by atoms with van der Waals surface area (Å²) in [4.78, 5) is 11.8. The molecule has 0 unspecified atom stereocenters. The standard InChI is InChI=1S/C16H20N2OS/c17-11-13-5-7-15(8-6-13)18-16(19)9-10-20-12-14-3-1-2-4-14/h5-8,14H,1-4,9-10,12H2,(H,18,19). The molecule has 3 nitrogen and oxygen atoms in total. The first-order valence-electron chi connectivity index (χ1n) is 7.15. The highest BCUT2D eigenvalue weighted by molar-refractivity contribution is 7.99. The summed E-state index contributed by atoms with van der Waals surface area (Å²) >= 11 is 1.89. The molecule has 106 valence electrons. The van der Waals surface area contributed by atoms with Gasteiger partial charge in [0.2, 0.25) is 5.91 Å². The van der Waals surface area contributed by atoms with Crippen LogP contribution in [0.3, 0.4) is 0 Å². The van der Waals surface area contributed by atoms with Crippen molar-refractivity contribution in [1.82, 2.24) is 0 Å². The minimum atomic E-state index is 0.0497. The van der Waals surface area contributed by atoms with Crippen molar-refractivity contribution in [3.8, 4) is 6.07 Å². The Balaban J connectivity index is 1.63. The summed E-state index contributed by atoms with van der Waals surface area (Å²) in [5.74, 6) is 3.01. The highest BCUT2D eigenvalue weighted by atomic mass is 32.2. The van der Waals surface area contributed by atoms with E-state index in [4.69, 9.17) is 5.26 Å².